The van der Waals surface area contributed by atoms with Crippen LogP contribution in [-0.2, 0) is 4.79 Å². The minimum Gasteiger partial charge on any atom is -0.370 e. The van der Waals surface area contributed by atoms with E-state index < -0.39 is 0 Å². The molecular weight excluding hydrogens is 454 g/mol. The van der Waals surface area contributed by atoms with Gasteiger partial charge in [-0.25, -0.2) is 4.39 Å². The first-order chi connectivity index (χ1) is 11.6. The van der Waals surface area contributed by atoms with E-state index in [9.17, 15) is 9.18 Å². The molecule has 1 amide bonds. The van der Waals surface area contributed by atoms with Crippen molar-refractivity contribution in [2.75, 3.05) is 32.4 Å². The Morgan fingerprint density at radius 3 is 2.80 bits per heavy atom. The number of guanidine groups is 1. The Bertz CT molecular complexity index is 570. The van der Waals surface area contributed by atoms with E-state index in [2.05, 4.69) is 15.2 Å². The molecule has 2 rings (SSSR count). The zero-order valence-corrected chi connectivity index (χ0v) is 17.6. The smallest absolute Gasteiger partial charge is 0.217 e. The van der Waals surface area contributed by atoms with Crippen molar-refractivity contribution in [3.8, 4) is 0 Å². The van der Waals surface area contributed by atoms with Crippen molar-refractivity contribution in [2.45, 2.75) is 24.2 Å². The van der Waals surface area contributed by atoms with Gasteiger partial charge in [-0.15, -0.1) is 35.7 Å². The summed E-state index contributed by atoms with van der Waals surface area (Å²) in [6.45, 7) is 2.53. The molecule has 0 spiro atoms. The standard InChI is InChI=1S/C17H25FN4OS.HI/c1-20-17(22-9-2-3-13(12-22)11-16(19)23)21-8-10-24-15-6-4-14(18)5-7-15;/h4-7,13H,2-3,8-12H2,1H3,(H2,19,23)(H,20,21);1H. The molecule has 1 heterocycles. The molecule has 1 aliphatic rings. The average molecular weight is 480 g/mol. The molecule has 1 unspecified atom stereocenters. The van der Waals surface area contributed by atoms with Gasteiger partial charge in [-0.3, -0.25) is 9.79 Å². The van der Waals surface area contributed by atoms with Gasteiger partial charge >= 0.3 is 0 Å². The second kappa shape index (κ2) is 11.6. The number of hydrogen-bond donors (Lipinski definition) is 2. The molecule has 1 aliphatic heterocycles. The summed E-state index contributed by atoms with van der Waals surface area (Å²) in [5, 5.41) is 3.36. The van der Waals surface area contributed by atoms with E-state index in [1.807, 2.05) is 0 Å². The number of aliphatic imine (C=N–C) groups is 1. The fraction of sp³-hybridized carbons (Fsp3) is 0.529. The van der Waals surface area contributed by atoms with Crippen LogP contribution in [0.5, 0.6) is 0 Å². The summed E-state index contributed by atoms with van der Waals surface area (Å²) in [6.07, 6.45) is 2.52. The Labute approximate surface area is 170 Å². The zero-order valence-electron chi connectivity index (χ0n) is 14.4. The van der Waals surface area contributed by atoms with Crippen LogP contribution >= 0.6 is 35.7 Å². The monoisotopic (exact) mass is 480 g/mol. The SMILES string of the molecule is CN=C(NCCSc1ccc(F)cc1)N1CCCC(CC(N)=O)C1.I. The van der Waals surface area contributed by atoms with Crippen LogP contribution in [0, 0.1) is 11.7 Å². The Morgan fingerprint density at radius 2 is 2.16 bits per heavy atom. The van der Waals surface area contributed by atoms with Crippen molar-refractivity contribution in [3.05, 3.63) is 30.1 Å². The summed E-state index contributed by atoms with van der Waals surface area (Å²) in [6, 6.07) is 6.52. The highest BCUT2D eigenvalue weighted by Gasteiger charge is 2.23. The van der Waals surface area contributed by atoms with Gasteiger partial charge < -0.3 is 16.0 Å². The molecule has 1 aromatic carbocycles. The van der Waals surface area contributed by atoms with E-state index in [-0.39, 0.29) is 35.7 Å². The second-order valence-corrected chi connectivity index (χ2v) is 7.07. The number of hydrogen-bond acceptors (Lipinski definition) is 3. The summed E-state index contributed by atoms with van der Waals surface area (Å²) in [7, 11) is 1.77. The van der Waals surface area contributed by atoms with Gasteiger partial charge in [-0.05, 0) is 43.0 Å². The van der Waals surface area contributed by atoms with Crippen molar-refractivity contribution in [3.63, 3.8) is 0 Å². The number of nitrogens with one attached hydrogen (secondary N) is 1. The summed E-state index contributed by atoms with van der Waals surface area (Å²) in [5.74, 6) is 1.59. The topological polar surface area (TPSA) is 70.7 Å². The van der Waals surface area contributed by atoms with Crippen LogP contribution in [-0.4, -0.2) is 49.2 Å². The van der Waals surface area contributed by atoms with Crippen LogP contribution in [0.1, 0.15) is 19.3 Å². The Balaban J connectivity index is 0.00000312. The van der Waals surface area contributed by atoms with Crippen LogP contribution in [0.4, 0.5) is 4.39 Å². The molecule has 1 aromatic rings. The lowest BCUT2D eigenvalue weighted by Crippen LogP contribution is -2.47. The first kappa shape index (κ1) is 22.0. The molecule has 1 saturated heterocycles. The summed E-state index contributed by atoms with van der Waals surface area (Å²) in [5.41, 5.74) is 5.31. The van der Waals surface area contributed by atoms with Crippen LogP contribution < -0.4 is 11.1 Å². The second-order valence-electron chi connectivity index (χ2n) is 5.90. The normalized spacial score (nSPS) is 17.8. The Kier molecular flexibility index (Phi) is 10.2. The molecule has 8 heteroatoms. The van der Waals surface area contributed by atoms with Gasteiger partial charge in [0.15, 0.2) is 5.96 Å². The third-order valence-electron chi connectivity index (χ3n) is 3.99. The van der Waals surface area contributed by atoms with Gasteiger partial charge in [-0.1, -0.05) is 0 Å². The molecule has 140 valence electrons. The lowest BCUT2D eigenvalue weighted by atomic mass is 9.95. The summed E-state index contributed by atoms with van der Waals surface area (Å²) >= 11 is 1.67. The average Bonchev–Trinajstić information content (AvgIpc) is 2.56. The number of carbonyl (C=O) groups excluding carboxylic acids is 1. The molecule has 0 radical (unpaired) electrons. The number of halogens is 2. The van der Waals surface area contributed by atoms with Gasteiger partial charge in [0.2, 0.25) is 5.91 Å². The summed E-state index contributed by atoms with van der Waals surface area (Å²) in [4.78, 5) is 18.7. The van der Waals surface area contributed by atoms with Crippen LogP contribution in [0.2, 0.25) is 0 Å². The van der Waals surface area contributed by atoms with Crippen LogP contribution in [0.25, 0.3) is 0 Å². The number of nitrogens with zero attached hydrogens (tertiary/aromatic N) is 2. The first-order valence-corrected chi connectivity index (χ1v) is 9.19. The van der Waals surface area contributed by atoms with Crippen LogP contribution in [0.3, 0.4) is 0 Å². The van der Waals surface area contributed by atoms with Crippen molar-refractivity contribution in [1.29, 1.82) is 0 Å². The molecule has 0 saturated carbocycles. The van der Waals surface area contributed by atoms with E-state index in [4.69, 9.17) is 5.73 Å². The number of rotatable bonds is 6. The molecule has 0 aromatic heterocycles. The van der Waals surface area contributed by atoms with Crippen LogP contribution in [0.15, 0.2) is 34.2 Å². The Hall–Kier alpha value is -1.03. The number of likely N-dealkylation sites (tertiary alicyclic amines) is 1. The quantitative estimate of drug-likeness (QED) is 0.216. The zero-order chi connectivity index (χ0) is 17.4. The lowest BCUT2D eigenvalue weighted by molar-refractivity contribution is -0.119. The third-order valence-corrected chi connectivity index (χ3v) is 5.00. The number of benzene rings is 1. The number of thioether (sulfide) groups is 1. The van der Waals surface area contributed by atoms with E-state index in [0.717, 1.165) is 49.1 Å². The third kappa shape index (κ3) is 7.81. The van der Waals surface area contributed by atoms with E-state index >= 15 is 0 Å². The predicted octanol–water partition coefficient (Wildman–Crippen LogP) is 2.70. The number of nitrogens with two attached hydrogens (primary N) is 1. The fourth-order valence-electron chi connectivity index (χ4n) is 2.90. The van der Waals surface area contributed by atoms with Crippen molar-refractivity contribution in [1.82, 2.24) is 10.2 Å². The number of piperidine rings is 1. The van der Waals surface area contributed by atoms with E-state index in [1.54, 1.807) is 30.9 Å². The van der Waals surface area contributed by atoms with E-state index in [1.165, 1.54) is 12.1 Å². The maximum atomic E-state index is 12.9. The molecule has 1 atom stereocenters. The molecule has 5 nitrogen and oxygen atoms in total. The van der Waals surface area contributed by atoms with Gasteiger partial charge in [0.1, 0.15) is 5.82 Å². The van der Waals surface area contributed by atoms with Gasteiger partial charge in [0.25, 0.3) is 0 Å². The number of amides is 1. The lowest BCUT2D eigenvalue weighted by Gasteiger charge is -2.34. The highest BCUT2D eigenvalue weighted by molar-refractivity contribution is 14.0. The minimum atomic E-state index is -0.236. The molecular formula is C17H26FIN4OS. The Morgan fingerprint density at radius 1 is 1.44 bits per heavy atom. The minimum absolute atomic E-state index is 0. The molecule has 0 bridgehead atoms. The van der Waals surface area contributed by atoms with Crippen molar-refractivity contribution >= 4 is 47.6 Å². The molecule has 3 N–H and O–H groups in total. The highest BCUT2D eigenvalue weighted by atomic mass is 127. The molecule has 1 fully saturated rings. The van der Waals surface area contributed by atoms with E-state index in [0.29, 0.717) is 12.3 Å². The van der Waals surface area contributed by atoms with Gasteiger partial charge in [-0.2, -0.15) is 0 Å². The molecule has 0 aliphatic carbocycles. The first-order valence-electron chi connectivity index (χ1n) is 8.20. The predicted molar refractivity (Wildman–Crippen MR) is 112 cm³/mol. The van der Waals surface area contributed by atoms with Crippen molar-refractivity contribution < 1.29 is 9.18 Å². The van der Waals surface area contributed by atoms with Crippen molar-refractivity contribution in [2.24, 2.45) is 16.6 Å². The fourth-order valence-corrected chi connectivity index (χ4v) is 3.67. The maximum Gasteiger partial charge on any atom is 0.217 e. The van der Waals surface area contributed by atoms with Gasteiger partial charge in [0.05, 0.1) is 0 Å². The summed E-state index contributed by atoms with van der Waals surface area (Å²) < 4.78 is 12.9. The largest absolute Gasteiger partial charge is 0.370 e. The highest BCUT2D eigenvalue weighted by Crippen LogP contribution is 2.20. The number of primary amides is 1. The number of carbonyl (C=O) groups is 1. The van der Waals surface area contributed by atoms with Gasteiger partial charge in [0, 0.05) is 43.8 Å². The molecule has 25 heavy (non-hydrogen) atoms. The maximum absolute atomic E-state index is 12.9.